The van der Waals surface area contributed by atoms with E-state index in [1.54, 1.807) is 0 Å². The molecule has 0 spiro atoms. The Hall–Kier alpha value is -10.4. The smallest absolute Gasteiger partial charge is 0.101 e. The predicted octanol–water partition coefficient (Wildman–Crippen LogP) is 17.2. The predicted molar refractivity (Wildman–Crippen MR) is 304 cm³/mol. The molecule has 0 radical (unpaired) electrons. The van der Waals surface area contributed by atoms with Crippen molar-refractivity contribution in [1.29, 1.82) is 10.5 Å². The maximum absolute atomic E-state index is 11.2. The van der Waals surface area contributed by atoms with Gasteiger partial charge in [-0.05, 0) is 119 Å². The molecule has 11 aromatic carbocycles. The van der Waals surface area contributed by atoms with Gasteiger partial charge in [-0.25, -0.2) is 0 Å². The lowest BCUT2D eigenvalue weighted by Crippen LogP contribution is -2.04. The molecule has 0 unspecified atom stereocenters. The molecular weight excluding hydrogens is 901 g/mol. The summed E-state index contributed by atoms with van der Waals surface area (Å²) in [4.78, 5) is 0. The lowest BCUT2D eigenvalue weighted by Gasteiger charge is -2.16. The Bertz CT molecular complexity index is 4600. The van der Waals surface area contributed by atoms with E-state index in [1.807, 2.05) is 24.3 Å². The van der Waals surface area contributed by atoms with Crippen molar-refractivity contribution >= 4 is 87.2 Å². The van der Waals surface area contributed by atoms with E-state index >= 15 is 0 Å². The van der Waals surface area contributed by atoms with Gasteiger partial charge < -0.3 is 18.3 Å². The molecule has 0 aliphatic rings. The highest BCUT2D eigenvalue weighted by Gasteiger charge is 2.24. The zero-order valence-corrected chi connectivity index (χ0v) is 39.8. The molecule has 342 valence electrons. The Kier molecular flexibility index (Phi) is 8.99. The van der Waals surface area contributed by atoms with Crippen molar-refractivity contribution in [2.75, 3.05) is 0 Å². The van der Waals surface area contributed by atoms with Crippen molar-refractivity contribution in [3.05, 3.63) is 254 Å². The molecule has 0 saturated carbocycles. The molecule has 0 saturated heterocycles. The number of rotatable bonds is 6. The summed E-state index contributed by atoms with van der Waals surface area (Å²) in [7, 11) is 0. The summed E-state index contributed by atoms with van der Waals surface area (Å²) in [5.74, 6) is 0. The van der Waals surface area contributed by atoms with Gasteiger partial charge in [0.25, 0.3) is 0 Å². The van der Waals surface area contributed by atoms with Crippen molar-refractivity contribution in [2.24, 2.45) is 0 Å². The van der Waals surface area contributed by atoms with Crippen LogP contribution in [0.5, 0.6) is 0 Å². The second kappa shape index (κ2) is 16.1. The third kappa shape index (κ3) is 5.91. The summed E-state index contributed by atoms with van der Waals surface area (Å²) in [5.41, 5.74) is 17.3. The number of fused-ring (bicyclic) bond motifs is 12. The highest BCUT2D eigenvalue weighted by molar-refractivity contribution is 6.19. The van der Waals surface area contributed by atoms with Gasteiger partial charge in [0.1, 0.15) is 12.1 Å². The summed E-state index contributed by atoms with van der Waals surface area (Å²) in [6.45, 7) is 0. The van der Waals surface area contributed by atoms with Gasteiger partial charge in [-0.1, -0.05) is 146 Å². The van der Waals surface area contributed by atoms with Gasteiger partial charge in [-0.3, -0.25) is 0 Å². The normalized spacial score (nSPS) is 11.8. The maximum atomic E-state index is 11.2. The number of nitriles is 2. The molecule has 6 nitrogen and oxygen atoms in total. The molecule has 6 heteroatoms. The van der Waals surface area contributed by atoms with Gasteiger partial charge in [0.05, 0.1) is 66.6 Å². The van der Waals surface area contributed by atoms with E-state index in [1.165, 1.54) is 21.5 Å². The van der Waals surface area contributed by atoms with E-state index in [2.05, 4.69) is 249 Å². The fourth-order valence-corrected chi connectivity index (χ4v) is 12.2. The van der Waals surface area contributed by atoms with Crippen LogP contribution in [0.2, 0.25) is 0 Å². The van der Waals surface area contributed by atoms with E-state index < -0.39 is 0 Å². The van der Waals surface area contributed by atoms with Crippen LogP contribution < -0.4 is 0 Å². The van der Waals surface area contributed by atoms with Crippen LogP contribution in [-0.4, -0.2) is 18.3 Å². The van der Waals surface area contributed by atoms with Crippen molar-refractivity contribution in [1.82, 2.24) is 18.3 Å². The molecule has 0 fully saturated rings. The SMILES string of the molecule is N#Cc1cc(-n2c3ccccc3c3c(-c4ccc5c(c4)c4ccccc4n5-c4ccccc4)cccc32)c(C#N)cc1-n1c2ccccc2c2c(-c3ccc4c(c3)c3ccccc3n4-c3ccccc3)cccc21. The Labute approximate surface area is 424 Å². The Balaban J connectivity index is 0.911. The van der Waals surface area contributed by atoms with E-state index in [4.69, 9.17) is 0 Å². The number of para-hydroxylation sites is 6. The van der Waals surface area contributed by atoms with Crippen molar-refractivity contribution in [2.45, 2.75) is 0 Å². The van der Waals surface area contributed by atoms with Crippen LogP contribution in [0, 0.1) is 22.7 Å². The average molecular weight is 941 g/mol. The first kappa shape index (κ1) is 41.4. The van der Waals surface area contributed by atoms with Gasteiger partial charge in [0, 0.05) is 54.5 Å². The summed E-state index contributed by atoms with van der Waals surface area (Å²) in [6.07, 6.45) is 0. The van der Waals surface area contributed by atoms with Crippen LogP contribution in [0.4, 0.5) is 0 Å². The average Bonchev–Trinajstić information content (AvgIpc) is 4.21. The standard InChI is InChI=1S/C68H40N6/c69-41-45-40-66(74-60-30-14-10-24-54(60)68-50(26-16-32-64(68)74)44-34-36-62-56(38-44)52-22-8-12-28-58(52)72(62)48-19-5-2-6-20-48)46(42-70)39-65(45)73-59-29-13-9-23-53(59)67-49(25-15-31-63(67)73)43-33-35-61-55(37-43)51-21-7-11-27-57(51)71(61)47-17-3-1-4-18-47/h1-40H. The summed E-state index contributed by atoms with van der Waals surface area (Å²) < 4.78 is 9.02. The molecule has 0 N–H and O–H groups in total. The van der Waals surface area contributed by atoms with Crippen LogP contribution in [0.3, 0.4) is 0 Å². The number of aromatic nitrogens is 4. The Morgan fingerprint density at radius 1 is 0.257 bits per heavy atom. The minimum atomic E-state index is 0.463. The highest BCUT2D eigenvalue weighted by atomic mass is 15.0. The summed E-state index contributed by atoms with van der Waals surface area (Å²) in [5, 5.41) is 31.5. The topological polar surface area (TPSA) is 67.3 Å². The van der Waals surface area contributed by atoms with Crippen LogP contribution in [0.1, 0.15) is 11.1 Å². The second-order valence-electron chi connectivity index (χ2n) is 19.1. The molecule has 0 amide bonds. The molecular formula is C68H40N6. The van der Waals surface area contributed by atoms with E-state index in [9.17, 15) is 10.5 Å². The fraction of sp³-hybridized carbons (Fsp3) is 0. The zero-order valence-electron chi connectivity index (χ0n) is 39.8. The van der Waals surface area contributed by atoms with Gasteiger partial charge in [-0.15, -0.1) is 0 Å². The largest absolute Gasteiger partial charge is 0.309 e. The van der Waals surface area contributed by atoms with E-state index in [0.717, 1.165) is 99.3 Å². The first-order valence-electron chi connectivity index (χ1n) is 24.9. The molecule has 0 atom stereocenters. The van der Waals surface area contributed by atoms with Gasteiger partial charge in [0.15, 0.2) is 0 Å². The number of benzene rings is 11. The maximum Gasteiger partial charge on any atom is 0.101 e. The molecule has 15 rings (SSSR count). The monoisotopic (exact) mass is 940 g/mol. The Morgan fingerprint density at radius 2 is 0.595 bits per heavy atom. The minimum Gasteiger partial charge on any atom is -0.309 e. The highest BCUT2D eigenvalue weighted by Crippen LogP contribution is 2.45. The summed E-state index contributed by atoms with van der Waals surface area (Å²) in [6, 6.07) is 90.5. The molecule has 4 heterocycles. The van der Waals surface area contributed by atoms with E-state index in [-0.39, 0.29) is 0 Å². The van der Waals surface area contributed by atoms with Gasteiger partial charge in [-0.2, -0.15) is 10.5 Å². The third-order valence-corrected chi connectivity index (χ3v) is 15.2. The fourth-order valence-electron chi connectivity index (χ4n) is 12.2. The molecule has 0 bridgehead atoms. The second-order valence-corrected chi connectivity index (χ2v) is 19.1. The Morgan fingerprint density at radius 3 is 1.00 bits per heavy atom. The molecule has 74 heavy (non-hydrogen) atoms. The zero-order chi connectivity index (χ0) is 49.0. The first-order valence-corrected chi connectivity index (χ1v) is 24.9. The van der Waals surface area contributed by atoms with Gasteiger partial charge >= 0.3 is 0 Å². The number of nitrogens with zero attached hydrogens (tertiary/aromatic N) is 6. The van der Waals surface area contributed by atoms with Crippen molar-refractivity contribution in [3.63, 3.8) is 0 Å². The lowest BCUT2D eigenvalue weighted by molar-refractivity contribution is 1.12. The van der Waals surface area contributed by atoms with Crippen molar-refractivity contribution in [3.8, 4) is 57.1 Å². The third-order valence-electron chi connectivity index (χ3n) is 15.2. The van der Waals surface area contributed by atoms with Crippen LogP contribution in [-0.2, 0) is 0 Å². The molecule has 4 aromatic heterocycles. The van der Waals surface area contributed by atoms with Crippen LogP contribution >= 0.6 is 0 Å². The quantitative estimate of drug-likeness (QED) is 0.167. The molecule has 0 aliphatic heterocycles. The van der Waals surface area contributed by atoms with Crippen LogP contribution in [0.25, 0.3) is 132 Å². The minimum absolute atomic E-state index is 0.463. The van der Waals surface area contributed by atoms with E-state index in [0.29, 0.717) is 22.5 Å². The summed E-state index contributed by atoms with van der Waals surface area (Å²) >= 11 is 0. The number of hydrogen-bond donors (Lipinski definition) is 0. The number of hydrogen-bond acceptors (Lipinski definition) is 2. The molecule has 15 aromatic rings. The van der Waals surface area contributed by atoms with Crippen molar-refractivity contribution < 1.29 is 0 Å². The first-order chi connectivity index (χ1) is 36.7. The molecule has 0 aliphatic carbocycles. The van der Waals surface area contributed by atoms with Gasteiger partial charge in [0.2, 0.25) is 0 Å². The lowest BCUT2D eigenvalue weighted by atomic mass is 9.98. The van der Waals surface area contributed by atoms with Crippen LogP contribution in [0.15, 0.2) is 243 Å².